The molecular formula is C61H118O6. The standard InChI is InChI=1S/C61H118O6/c1-6-8-9-10-11-12-13-26-31-36-41-46-51-59(62)65-54-58(55-66-60(63)52-47-42-37-32-27-22-19-18-21-25-30-35-40-45-50-57(5)7-2)67-61(64)53-48-43-38-33-28-23-17-15-14-16-20-24-29-34-39-44-49-56(3)4/h56-58H,6-55H2,1-5H3/t57?,58-/m1/s1. The molecule has 0 aliphatic heterocycles. The lowest BCUT2D eigenvalue weighted by Crippen LogP contribution is -2.30. The number of carbonyl (C=O) groups is 3. The van der Waals surface area contributed by atoms with Crippen LogP contribution in [0.2, 0.25) is 0 Å². The van der Waals surface area contributed by atoms with E-state index in [1.165, 1.54) is 231 Å². The maximum atomic E-state index is 12.9. The Labute approximate surface area is 418 Å². The van der Waals surface area contributed by atoms with Crippen molar-refractivity contribution in [2.45, 2.75) is 349 Å². The summed E-state index contributed by atoms with van der Waals surface area (Å²) in [5.41, 5.74) is 0. The number of rotatable bonds is 55. The third kappa shape index (κ3) is 53.6. The SMILES string of the molecule is CCCCCCCCCCCCCCC(=O)OC[C@H](COC(=O)CCCCCCCCCCCCCCCCC(C)CC)OC(=O)CCCCCCCCCCCCCCCCCCC(C)C. The quantitative estimate of drug-likeness (QED) is 0.0343. The number of carbonyl (C=O) groups excluding carboxylic acids is 3. The smallest absolute Gasteiger partial charge is 0.306 e. The summed E-state index contributed by atoms with van der Waals surface area (Å²) in [6, 6.07) is 0. The molecule has 0 saturated carbocycles. The summed E-state index contributed by atoms with van der Waals surface area (Å²) in [5, 5.41) is 0. The van der Waals surface area contributed by atoms with Gasteiger partial charge in [0.05, 0.1) is 0 Å². The highest BCUT2D eigenvalue weighted by Crippen LogP contribution is 2.19. The minimum atomic E-state index is -0.763. The van der Waals surface area contributed by atoms with Crippen LogP contribution in [0.5, 0.6) is 0 Å². The van der Waals surface area contributed by atoms with Crippen LogP contribution in [0.25, 0.3) is 0 Å². The van der Waals surface area contributed by atoms with E-state index in [0.29, 0.717) is 19.3 Å². The molecular weight excluding hydrogens is 829 g/mol. The van der Waals surface area contributed by atoms with Gasteiger partial charge in [-0.3, -0.25) is 14.4 Å². The van der Waals surface area contributed by atoms with Gasteiger partial charge < -0.3 is 14.2 Å². The van der Waals surface area contributed by atoms with Crippen molar-refractivity contribution in [2.24, 2.45) is 11.8 Å². The monoisotopic (exact) mass is 947 g/mol. The first-order valence-electron chi connectivity index (χ1n) is 30.3. The lowest BCUT2D eigenvalue weighted by Gasteiger charge is -2.18. The average Bonchev–Trinajstić information content (AvgIpc) is 3.31. The van der Waals surface area contributed by atoms with Gasteiger partial charge in [-0.05, 0) is 31.1 Å². The third-order valence-electron chi connectivity index (χ3n) is 14.3. The summed E-state index contributed by atoms with van der Waals surface area (Å²) in [4.78, 5) is 38.2. The van der Waals surface area contributed by atoms with Crippen molar-refractivity contribution in [3.8, 4) is 0 Å². The molecule has 0 aromatic rings. The Hall–Kier alpha value is -1.59. The summed E-state index contributed by atoms with van der Waals surface area (Å²) < 4.78 is 16.9. The molecule has 1 unspecified atom stereocenters. The number of hydrogen-bond acceptors (Lipinski definition) is 6. The van der Waals surface area contributed by atoms with Gasteiger partial charge in [0.15, 0.2) is 6.10 Å². The zero-order valence-electron chi connectivity index (χ0n) is 46.0. The van der Waals surface area contributed by atoms with Crippen molar-refractivity contribution in [1.29, 1.82) is 0 Å². The van der Waals surface area contributed by atoms with E-state index in [1.807, 2.05) is 0 Å². The molecule has 0 saturated heterocycles. The molecule has 0 amide bonds. The van der Waals surface area contributed by atoms with Crippen LogP contribution < -0.4 is 0 Å². The molecule has 0 fully saturated rings. The van der Waals surface area contributed by atoms with Crippen LogP contribution in [0.3, 0.4) is 0 Å². The Morgan fingerprint density at radius 1 is 0.313 bits per heavy atom. The molecule has 6 nitrogen and oxygen atoms in total. The van der Waals surface area contributed by atoms with Crippen molar-refractivity contribution in [3.05, 3.63) is 0 Å². The molecule has 0 spiro atoms. The Kier molecular flexibility index (Phi) is 52.5. The second-order valence-corrected chi connectivity index (χ2v) is 21.7. The van der Waals surface area contributed by atoms with Gasteiger partial charge in [-0.1, -0.05) is 304 Å². The summed E-state index contributed by atoms with van der Waals surface area (Å²) in [6.45, 7) is 11.5. The predicted molar refractivity (Wildman–Crippen MR) is 289 cm³/mol. The minimum Gasteiger partial charge on any atom is -0.462 e. The Balaban J connectivity index is 4.27. The topological polar surface area (TPSA) is 78.9 Å². The van der Waals surface area contributed by atoms with E-state index >= 15 is 0 Å². The highest BCUT2D eigenvalue weighted by atomic mass is 16.6. The fraction of sp³-hybridized carbons (Fsp3) is 0.951. The summed E-state index contributed by atoms with van der Waals surface area (Å²) >= 11 is 0. The van der Waals surface area contributed by atoms with E-state index in [0.717, 1.165) is 69.6 Å². The average molecular weight is 948 g/mol. The van der Waals surface area contributed by atoms with Crippen LogP contribution in [0, 0.1) is 11.8 Å². The van der Waals surface area contributed by atoms with E-state index in [1.54, 1.807) is 0 Å². The first-order valence-corrected chi connectivity index (χ1v) is 30.3. The Bertz CT molecular complexity index is 1030. The molecule has 0 radical (unpaired) electrons. The van der Waals surface area contributed by atoms with Gasteiger partial charge in [0.25, 0.3) is 0 Å². The second kappa shape index (κ2) is 53.8. The van der Waals surface area contributed by atoms with Crippen LogP contribution in [0.4, 0.5) is 0 Å². The van der Waals surface area contributed by atoms with E-state index in [-0.39, 0.29) is 31.1 Å². The fourth-order valence-electron chi connectivity index (χ4n) is 9.37. The van der Waals surface area contributed by atoms with Crippen LogP contribution >= 0.6 is 0 Å². The fourth-order valence-corrected chi connectivity index (χ4v) is 9.37. The normalized spacial score (nSPS) is 12.4. The summed E-state index contributed by atoms with van der Waals surface area (Å²) in [5.74, 6) is 0.912. The van der Waals surface area contributed by atoms with Gasteiger partial charge in [-0.25, -0.2) is 0 Å². The number of esters is 3. The van der Waals surface area contributed by atoms with Gasteiger partial charge in [0.2, 0.25) is 0 Å². The predicted octanol–water partition coefficient (Wildman–Crippen LogP) is 20.0. The van der Waals surface area contributed by atoms with Crippen LogP contribution in [0.15, 0.2) is 0 Å². The zero-order chi connectivity index (χ0) is 48.9. The number of ether oxygens (including phenoxy) is 3. The van der Waals surface area contributed by atoms with E-state index in [9.17, 15) is 14.4 Å². The van der Waals surface area contributed by atoms with Crippen LogP contribution in [-0.2, 0) is 28.6 Å². The highest BCUT2D eigenvalue weighted by Gasteiger charge is 2.19. The molecule has 0 aromatic carbocycles. The Morgan fingerprint density at radius 2 is 0.567 bits per heavy atom. The van der Waals surface area contributed by atoms with Crippen molar-refractivity contribution in [3.63, 3.8) is 0 Å². The van der Waals surface area contributed by atoms with E-state index < -0.39 is 6.10 Å². The molecule has 0 aromatic heterocycles. The summed E-state index contributed by atoms with van der Waals surface area (Å²) in [6.07, 6.45) is 58.0. The molecule has 0 N–H and O–H groups in total. The van der Waals surface area contributed by atoms with Crippen molar-refractivity contribution in [2.75, 3.05) is 13.2 Å². The second-order valence-electron chi connectivity index (χ2n) is 21.7. The Morgan fingerprint density at radius 3 is 0.851 bits per heavy atom. The lowest BCUT2D eigenvalue weighted by atomic mass is 9.99. The third-order valence-corrected chi connectivity index (χ3v) is 14.3. The molecule has 67 heavy (non-hydrogen) atoms. The number of unbranched alkanes of at least 4 members (excludes halogenated alkanes) is 39. The van der Waals surface area contributed by atoms with Gasteiger partial charge in [0.1, 0.15) is 13.2 Å². The molecule has 0 aliphatic rings. The molecule has 2 atom stereocenters. The first-order chi connectivity index (χ1) is 32.8. The van der Waals surface area contributed by atoms with Crippen LogP contribution in [-0.4, -0.2) is 37.2 Å². The van der Waals surface area contributed by atoms with Crippen molar-refractivity contribution < 1.29 is 28.6 Å². The minimum absolute atomic E-state index is 0.0622. The van der Waals surface area contributed by atoms with E-state index in [4.69, 9.17) is 14.2 Å². The van der Waals surface area contributed by atoms with E-state index in [2.05, 4.69) is 34.6 Å². The van der Waals surface area contributed by atoms with Crippen molar-refractivity contribution in [1.82, 2.24) is 0 Å². The molecule has 398 valence electrons. The molecule has 0 bridgehead atoms. The van der Waals surface area contributed by atoms with Gasteiger partial charge in [0, 0.05) is 19.3 Å². The lowest BCUT2D eigenvalue weighted by molar-refractivity contribution is -0.167. The largest absolute Gasteiger partial charge is 0.462 e. The van der Waals surface area contributed by atoms with Crippen LogP contribution in [0.1, 0.15) is 343 Å². The maximum Gasteiger partial charge on any atom is 0.306 e. The zero-order valence-corrected chi connectivity index (χ0v) is 46.0. The summed E-state index contributed by atoms with van der Waals surface area (Å²) in [7, 11) is 0. The highest BCUT2D eigenvalue weighted by molar-refractivity contribution is 5.71. The maximum absolute atomic E-state index is 12.9. The molecule has 6 heteroatoms. The molecule has 0 aliphatic carbocycles. The molecule has 0 rings (SSSR count). The number of hydrogen-bond donors (Lipinski definition) is 0. The van der Waals surface area contributed by atoms with Crippen molar-refractivity contribution >= 4 is 17.9 Å². The molecule has 0 heterocycles. The van der Waals surface area contributed by atoms with Gasteiger partial charge in [-0.2, -0.15) is 0 Å². The van der Waals surface area contributed by atoms with Gasteiger partial charge >= 0.3 is 17.9 Å². The van der Waals surface area contributed by atoms with Gasteiger partial charge in [-0.15, -0.1) is 0 Å². The first kappa shape index (κ1) is 65.4.